The summed E-state index contributed by atoms with van der Waals surface area (Å²) in [7, 11) is 3.11. The first-order chi connectivity index (χ1) is 14.4. The van der Waals surface area contributed by atoms with E-state index in [-0.39, 0.29) is 17.5 Å². The predicted octanol–water partition coefficient (Wildman–Crippen LogP) is 4.21. The molecule has 0 radical (unpaired) electrons. The highest BCUT2D eigenvalue weighted by molar-refractivity contribution is 6.37. The van der Waals surface area contributed by atoms with Crippen molar-refractivity contribution in [3.05, 3.63) is 63.3 Å². The average Bonchev–Trinajstić information content (AvgIpc) is 3.03. The molecule has 2 heterocycles. The first-order valence-corrected chi connectivity index (χ1v) is 9.79. The summed E-state index contributed by atoms with van der Waals surface area (Å²) in [6.45, 7) is 0.714. The van der Waals surface area contributed by atoms with Crippen molar-refractivity contribution < 1.29 is 14.3 Å². The zero-order valence-electron chi connectivity index (χ0n) is 16.3. The second-order valence-corrected chi connectivity index (χ2v) is 7.55. The molecule has 3 aromatic rings. The zero-order chi connectivity index (χ0) is 21.4. The van der Waals surface area contributed by atoms with Crippen molar-refractivity contribution in [1.29, 1.82) is 0 Å². The van der Waals surface area contributed by atoms with Gasteiger partial charge in [-0.15, -0.1) is 0 Å². The van der Waals surface area contributed by atoms with Gasteiger partial charge in [0.25, 0.3) is 5.91 Å². The van der Waals surface area contributed by atoms with Gasteiger partial charge in [0.15, 0.2) is 0 Å². The molecule has 7 nitrogen and oxygen atoms in total. The Labute approximate surface area is 183 Å². The molecule has 2 N–H and O–H groups in total. The van der Waals surface area contributed by atoms with Crippen LogP contribution in [0.25, 0.3) is 11.3 Å². The lowest BCUT2D eigenvalue weighted by atomic mass is 10.1. The smallest absolute Gasteiger partial charge is 0.273 e. The standard InChI is InChI=1S/C21H18Cl2N4O3/c1-29-12-5-3-4-11(6-12)9-27-10-14-18(25-21(24)26-19(14)20(27)28)13-7-17(30-2)16(23)8-15(13)22/h3-8H,9-10H2,1-2H3,(H2,24,25,26). The van der Waals surface area contributed by atoms with E-state index in [1.807, 2.05) is 24.3 Å². The molecule has 1 aliphatic rings. The van der Waals surface area contributed by atoms with Crippen LogP contribution in [0.2, 0.25) is 10.0 Å². The predicted molar refractivity (Wildman–Crippen MR) is 115 cm³/mol. The van der Waals surface area contributed by atoms with Gasteiger partial charge in [0.2, 0.25) is 5.95 Å². The summed E-state index contributed by atoms with van der Waals surface area (Å²) in [4.78, 5) is 23.3. The van der Waals surface area contributed by atoms with Gasteiger partial charge in [0.05, 0.1) is 36.5 Å². The van der Waals surface area contributed by atoms with E-state index in [2.05, 4.69) is 9.97 Å². The van der Waals surface area contributed by atoms with Crippen LogP contribution >= 0.6 is 23.2 Å². The fourth-order valence-corrected chi connectivity index (χ4v) is 4.00. The highest BCUT2D eigenvalue weighted by Gasteiger charge is 2.33. The number of carbonyl (C=O) groups is 1. The van der Waals surface area contributed by atoms with Gasteiger partial charge in [0, 0.05) is 17.7 Å². The van der Waals surface area contributed by atoms with Crippen molar-refractivity contribution in [2.45, 2.75) is 13.1 Å². The topological polar surface area (TPSA) is 90.6 Å². The van der Waals surface area contributed by atoms with Crippen LogP contribution in [0.4, 0.5) is 5.95 Å². The van der Waals surface area contributed by atoms with Crippen molar-refractivity contribution in [2.24, 2.45) is 0 Å². The van der Waals surface area contributed by atoms with Crippen LogP contribution < -0.4 is 15.2 Å². The third-order valence-electron chi connectivity index (χ3n) is 4.87. The Bertz CT molecular complexity index is 1150. The SMILES string of the molecule is COc1cccc(CN2Cc3c(nc(N)nc3-c3cc(OC)c(Cl)cc3Cl)C2=O)c1. The van der Waals surface area contributed by atoms with Gasteiger partial charge >= 0.3 is 0 Å². The molecule has 1 aliphatic heterocycles. The van der Waals surface area contributed by atoms with Crippen molar-refractivity contribution in [3.8, 4) is 22.8 Å². The van der Waals surface area contributed by atoms with Gasteiger partial charge in [-0.05, 0) is 29.8 Å². The zero-order valence-corrected chi connectivity index (χ0v) is 17.8. The number of nitrogens with two attached hydrogens (primary N) is 1. The van der Waals surface area contributed by atoms with Gasteiger partial charge < -0.3 is 20.1 Å². The van der Waals surface area contributed by atoms with E-state index in [1.54, 1.807) is 24.1 Å². The number of nitrogen functional groups attached to an aromatic ring is 1. The van der Waals surface area contributed by atoms with E-state index in [0.717, 1.165) is 11.3 Å². The lowest BCUT2D eigenvalue weighted by molar-refractivity contribution is 0.0762. The minimum atomic E-state index is -0.222. The Balaban J connectivity index is 1.75. The van der Waals surface area contributed by atoms with E-state index < -0.39 is 0 Å². The number of nitrogens with zero attached hydrogens (tertiary/aromatic N) is 3. The maximum atomic E-state index is 13.0. The van der Waals surface area contributed by atoms with E-state index in [4.69, 9.17) is 38.4 Å². The molecule has 0 spiro atoms. The minimum Gasteiger partial charge on any atom is -0.497 e. The van der Waals surface area contributed by atoms with Crippen LogP contribution in [0.3, 0.4) is 0 Å². The van der Waals surface area contributed by atoms with E-state index in [9.17, 15) is 4.79 Å². The molecule has 4 rings (SSSR count). The number of aromatic nitrogens is 2. The first-order valence-electron chi connectivity index (χ1n) is 9.03. The number of halogens is 2. The van der Waals surface area contributed by atoms with Crippen LogP contribution in [0, 0.1) is 0 Å². The molecule has 0 unspecified atom stereocenters. The molecule has 0 aliphatic carbocycles. The summed E-state index contributed by atoms with van der Waals surface area (Å²) < 4.78 is 10.6. The third kappa shape index (κ3) is 3.62. The Kier molecular flexibility index (Phi) is 5.40. The van der Waals surface area contributed by atoms with Gasteiger partial charge in [0.1, 0.15) is 17.2 Å². The van der Waals surface area contributed by atoms with Crippen LogP contribution in [-0.2, 0) is 13.1 Å². The van der Waals surface area contributed by atoms with Crippen LogP contribution in [0.1, 0.15) is 21.6 Å². The highest BCUT2D eigenvalue weighted by atomic mass is 35.5. The number of ether oxygens (including phenoxy) is 2. The largest absolute Gasteiger partial charge is 0.497 e. The van der Waals surface area contributed by atoms with Gasteiger partial charge in [-0.1, -0.05) is 35.3 Å². The number of benzene rings is 2. The molecule has 0 saturated carbocycles. The first kappa shape index (κ1) is 20.3. The molecule has 1 amide bonds. The maximum absolute atomic E-state index is 13.0. The van der Waals surface area contributed by atoms with E-state index in [1.165, 1.54) is 7.11 Å². The Hall–Kier alpha value is -3.03. The van der Waals surface area contributed by atoms with E-state index >= 15 is 0 Å². The molecule has 30 heavy (non-hydrogen) atoms. The summed E-state index contributed by atoms with van der Waals surface area (Å²) >= 11 is 12.6. The fourth-order valence-electron chi connectivity index (χ4n) is 3.45. The second-order valence-electron chi connectivity index (χ2n) is 6.74. The Morgan fingerprint density at radius 3 is 2.57 bits per heavy atom. The lowest BCUT2D eigenvalue weighted by Crippen LogP contribution is -2.23. The minimum absolute atomic E-state index is 0.00897. The number of anilines is 1. The summed E-state index contributed by atoms with van der Waals surface area (Å²) in [6.07, 6.45) is 0. The number of rotatable bonds is 5. The quantitative estimate of drug-likeness (QED) is 0.633. The second kappa shape index (κ2) is 8.01. The van der Waals surface area contributed by atoms with Crippen molar-refractivity contribution in [3.63, 3.8) is 0 Å². The molecule has 154 valence electrons. The van der Waals surface area contributed by atoms with Crippen LogP contribution in [0.5, 0.6) is 11.5 Å². The summed E-state index contributed by atoms with van der Waals surface area (Å²) in [5.41, 5.74) is 8.82. The molecular formula is C21H18Cl2N4O3. The van der Waals surface area contributed by atoms with Crippen molar-refractivity contribution in [2.75, 3.05) is 20.0 Å². The molecule has 0 fully saturated rings. The number of hydrogen-bond acceptors (Lipinski definition) is 6. The van der Waals surface area contributed by atoms with Crippen LogP contribution in [0.15, 0.2) is 36.4 Å². The van der Waals surface area contributed by atoms with Gasteiger partial charge in [-0.3, -0.25) is 4.79 Å². The van der Waals surface area contributed by atoms with Crippen molar-refractivity contribution >= 4 is 35.1 Å². The molecule has 0 bridgehead atoms. The summed E-state index contributed by atoms with van der Waals surface area (Å²) in [5.74, 6) is 0.937. The van der Waals surface area contributed by atoms with E-state index in [0.29, 0.717) is 45.7 Å². The number of fused-ring (bicyclic) bond motifs is 1. The Morgan fingerprint density at radius 1 is 1.07 bits per heavy atom. The monoisotopic (exact) mass is 444 g/mol. The van der Waals surface area contributed by atoms with Gasteiger partial charge in [-0.25, -0.2) is 9.97 Å². The summed E-state index contributed by atoms with van der Waals surface area (Å²) in [5, 5.41) is 0.750. The molecule has 0 atom stereocenters. The molecular weight excluding hydrogens is 427 g/mol. The highest BCUT2D eigenvalue weighted by Crippen LogP contribution is 2.40. The number of methoxy groups -OCH3 is 2. The maximum Gasteiger partial charge on any atom is 0.273 e. The number of amides is 1. The lowest BCUT2D eigenvalue weighted by Gasteiger charge is -2.16. The average molecular weight is 445 g/mol. The number of carbonyl (C=O) groups excluding carboxylic acids is 1. The van der Waals surface area contributed by atoms with Gasteiger partial charge in [-0.2, -0.15) is 0 Å². The molecule has 9 heteroatoms. The fraction of sp³-hybridized carbons (Fsp3) is 0.190. The Morgan fingerprint density at radius 2 is 1.83 bits per heavy atom. The summed E-state index contributed by atoms with van der Waals surface area (Å²) in [6, 6.07) is 10.8. The molecule has 0 saturated heterocycles. The molecule has 2 aromatic carbocycles. The van der Waals surface area contributed by atoms with Crippen molar-refractivity contribution in [1.82, 2.24) is 14.9 Å². The third-order valence-corrected chi connectivity index (χ3v) is 5.48. The molecule has 1 aromatic heterocycles. The normalized spacial score (nSPS) is 12.8. The number of hydrogen-bond donors (Lipinski definition) is 1. The van der Waals surface area contributed by atoms with Crippen LogP contribution in [-0.4, -0.2) is 35.0 Å².